The van der Waals surface area contributed by atoms with Crippen molar-refractivity contribution < 1.29 is 14.6 Å². The van der Waals surface area contributed by atoms with Gasteiger partial charge in [-0.1, -0.05) is 31.2 Å². The number of phenolic OH excluding ortho intramolecular Hbond substituents is 1. The second-order valence-electron chi connectivity index (χ2n) is 5.54. The maximum Gasteiger partial charge on any atom is 0.281 e. The molecular formula is C19H18N2O3S. The van der Waals surface area contributed by atoms with Crippen molar-refractivity contribution in [3.63, 3.8) is 0 Å². The highest BCUT2D eigenvalue weighted by Crippen LogP contribution is 2.29. The summed E-state index contributed by atoms with van der Waals surface area (Å²) >= 11 is 5.36. The molecule has 128 valence electrons. The number of phenols is 1. The molecule has 6 heteroatoms. The Labute approximate surface area is 151 Å². The van der Waals surface area contributed by atoms with Gasteiger partial charge in [-0.15, -0.1) is 0 Å². The molecule has 1 saturated heterocycles. The SMILES string of the molecule is CCc1ccccc1N1C(=O)C(=Cc2ccc(O)c(OC)c2)NC1=S. The van der Waals surface area contributed by atoms with Gasteiger partial charge in [0.2, 0.25) is 0 Å². The highest BCUT2D eigenvalue weighted by atomic mass is 32.1. The second-order valence-corrected chi connectivity index (χ2v) is 5.93. The number of benzene rings is 2. The number of thiocarbonyl (C=S) groups is 1. The van der Waals surface area contributed by atoms with Crippen LogP contribution < -0.4 is 15.0 Å². The number of nitrogens with zero attached hydrogens (tertiary/aromatic N) is 1. The van der Waals surface area contributed by atoms with Gasteiger partial charge in [0, 0.05) is 0 Å². The average Bonchev–Trinajstić information content (AvgIpc) is 2.90. The van der Waals surface area contributed by atoms with E-state index in [2.05, 4.69) is 5.32 Å². The maximum absolute atomic E-state index is 12.8. The number of aromatic hydroxyl groups is 1. The minimum Gasteiger partial charge on any atom is -0.504 e. The van der Waals surface area contributed by atoms with Crippen molar-refractivity contribution in [3.05, 3.63) is 59.3 Å². The number of carbonyl (C=O) groups is 1. The van der Waals surface area contributed by atoms with Gasteiger partial charge < -0.3 is 15.2 Å². The van der Waals surface area contributed by atoms with Gasteiger partial charge in [-0.25, -0.2) is 0 Å². The number of ether oxygens (including phenoxy) is 1. The van der Waals surface area contributed by atoms with Crippen molar-refractivity contribution in [1.29, 1.82) is 0 Å². The van der Waals surface area contributed by atoms with Crippen LogP contribution in [-0.2, 0) is 11.2 Å². The average molecular weight is 354 g/mol. The summed E-state index contributed by atoms with van der Waals surface area (Å²) in [6.07, 6.45) is 2.49. The largest absolute Gasteiger partial charge is 0.504 e. The van der Waals surface area contributed by atoms with Gasteiger partial charge >= 0.3 is 0 Å². The first kappa shape index (κ1) is 17.0. The van der Waals surface area contributed by atoms with Gasteiger partial charge in [0.25, 0.3) is 5.91 Å². The summed E-state index contributed by atoms with van der Waals surface area (Å²) in [5, 5.41) is 13.0. The van der Waals surface area contributed by atoms with Gasteiger partial charge in [0.05, 0.1) is 12.8 Å². The predicted molar refractivity (Wildman–Crippen MR) is 102 cm³/mol. The molecule has 1 fully saturated rings. The summed E-state index contributed by atoms with van der Waals surface area (Å²) in [7, 11) is 1.48. The Balaban J connectivity index is 1.96. The third-order valence-corrected chi connectivity index (χ3v) is 4.29. The Hall–Kier alpha value is -2.86. The number of carbonyl (C=O) groups excluding carboxylic acids is 1. The summed E-state index contributed by atoms with van der Waals surface area (Å²) < 4.78 is 5.10. The number of anilines is 1. The van der Waals surface area contributed by atoms with E-state index >= 15 is 0 Å². The molecule has 5 nitrogen and oxygen atoms in total. The monoisotopic (exact) mass is 354 g/mol. The lowest BCUT2D eigenvalue weighted by Crippen LogP contribution is -2.31. The van der Waals surface area contributed by atoms with Crippen LogP contribution in [0, 0.1) is 0 Å². The van der Waals surface area contributed by atoms with E-state index in [1.54, 1.807) is 18.2 Å². The van der Waals surface area contributed by atoms with E-state index in [4.69, 9.17) is 17.0 Å². The number of amides is 1. The molecule has 2 N–H and O–H groups in total. The molecule has 1 amide bonds. The number of hydrogen-bond acceptors (Lipinski definition) is 4. The van der Waals surface area contributed by atoms with E-state index in [9.17, 15) is 9.90 Å². The molecule has 2 aromatic carbocycles. The third kappa shape index (κ3) is 3.21. The number of para-hydroxylation sites is 1. The molecule has 1 aliphatic rings. The zero-order chi connectivity index (χ0) is 18.0. The van der Waals surface area contributed by atoms with Gasteiger partial charge in [0.1, 0.15) is 5.70 Å². The van der Waals surface area contributed by atoms with E-state index in [0.29, 0.717) is 16.6 Å². The van der Waals surface area contributed by atoms with Gasteiger partial charge in [-0.3, -0.25) is 9.69 Å². The second kappa shape index (κ2) is 6.94. The van der Waals surface area contributed by atoms with Crippen LogP contribution in [0.15, 0.2) is 48.2 Å². The standard InChI is InChI=1S/C19H18N2O3S/c1-3-13-6-4-5-7-15(13)21-18(23)14(20-19(21)25)10-12-8-9-16(22)17(11-12)24-2/h4-11,22H,3H2,1-2H3,(H,20,25). The van der Waals surface area contributed by atoms with Crippen LogP contribution in [0.5, 0.6) is 11.5 Å². The zero-order valence-corrected chi connectivity index (χ0v) is 14.8. The minimum atomic E-state index is -0.210. The molecule has 0 unspecified atom stereocenters. The molecule has 0 radical (unpaired) electrons. The van der Waals surface area contributed by atoms with E-state index < -0.39 is 0 Å². The van der Waals surface area contributed by atoms with E-state index in [0.717, 1.165) is 23.2 Å². The van der Waals surface area contributed by atoms with E-state index in [1.807, 2.05) is 31.2 Å². The lowest BCUT2D eigenvalue weighted by Gasteiger charge is -2.17. The van der Waals surface area contributed by atoms with Crippen LogP contribution in [0.4, 0.5) is 5.69 Å². The molecule has 1 aliphatic heterocycles. The molecule has 0 aliphatic carbocycles. The summed E-state index contributed by atoms with van der Waals surface area (Å²) in [6, 6.07) is 12.6. The number of methoxy groups -OCH3 is 1. The third-order valence-electron chi connectivity index (χ3n) is 4.01. The Morgan fingerprint density at radius 2 is 2.04 bits per heavy atom. The molecule has 0 spiro atoms. The Kier molecular flexibility index (Phi) is 4.72. The molecule has 2 aromatic rings. The molecule has 1 heterocycles. The van der Waals surface area contributed by atoms with Crippen molar-refractivity contribution in [2.45, 2.75) is 13.3 Å². The van der Waals surface area contributed by atoms with Crippen LogP contribution in [0.3, 0.4) is 0 Å². The molecule has 0 atom stereocenters. The zero-order valence-electron chi connectivity index (χ0n) is 13.9. The normalized spacial score (nSPS) is 15.6. The first-order valence-electron chi connectivity index (χ1n) is 7.87. The summed E-state index contributed by atoms with van der Waals surface area (Å²) in [4.78, 5) is 14.3. The topological polar surface area (TPSA) is 61.8 Å². The Bertz CT molecular complexity index is 877. The molecule has 0 saturated carbocycles. The van der Waals surface area contributed by atoms with Crippen LogP contribution in [-0.4, -0.2) is 23.2 Å². The number of rotatable bonds is 4. The van der Waals surface area contributed by atoms with E-state index in [-0.39, 0.29) is 11.7 Å². The molecule has 3 rings (SSSR count). The van der Waals surface area contributed by atoms with Gasteiger partial charge in [-0.2, -0.15) is 0 Å². The fourth-order valence-electron chi connectivity index (χ4n) is 2.73. The van der Waals surface area contributed by atoms with Crippen LogP contribution >= 0.6 is 12.2 Å². The molecular weight excluding hydrogens is 336 g/mol. The lowest BCUT2D eigenvalue weighted by molar-refractivity contribution is -0.113. The molecule has 0 bridgehead atoms. The predicted octanol–water partition coefficient (Wildman–Crippen LogP) is 3.23. The quantitative estimate of drug-likeness (QED) is 0.652. The molecule has 0 aromatic heterocycles. The number of aryl methyl sites for hydroxylation is 1. The summed E-state index contributed by atoms with van der Waals surface area (Å²) in [6.45, 7) is 2.04. The van der Waals surface area contributed by atoms with Crippen molar-refractivity contribution in [2.24, 2.45) is 0 Å². The minimum absolute atomic E-state index is 0.0457. The van der Waals surface area contributed by atoms with Crippen molar-refractivity contribution in [3.8, 4) is 11.5 Å². The maximum atomic E-state index is 12.8. The van der Waals surface area contributed by atoms with Crippen LogP contribution in [0.1, 0.15) is 18.1 Å². The Morgan fingerprint density at radius 1 is 1.28 bits per heavy atom. The molecule has 25 heavy (non-hydrogen) atoms. The number of nitrogens with one attached hydrogen (secondary N) is 1. The van der Waals surface area contributed by atoms with Gasteiger partial charge in [0.15, 0.2) is 16.6 Å². The number of hydrogen-bond donors (Lipinski definition) is 2. The summed E-state index contributed by atoms with van der Waals surface area (Å²) in [5.41, 5.74) is 2.94. The fraction of sp³-hybridized carbons (Fsp3) is 0.158. The first-order chi connectivity index (χ1) is 12.0. The fourth-order valence-corrected chi connectivity index (χ4v) is 3.02. The van der Waals surface area contributed by atoms with Crippen LogP contribution in [0.25, 0.3) is 6.08 Å². The van der Waals surface area contributed by atoms with Crippen molar-refractivity contribution >= 4 is 35.0 Å². The highest BCUT2D eigenvalue weighted by Gasteiger charge is 2.32. The lowest BCUT2D eigenvalue weighted by atomic mass is 10.1. The highest BCUT2D eigenvalue weighted by molar-refractivity contribution is 7.80. The first-order valence-corrected chi connectivity index (χ1v) is 8.28. The van der Waals surface area contributed by atoms with Crippen molar-refractivity contribution in [2.75, 3.05) is 12.0 Å². The Morgan fingerprint density at radius 3 is 2.76 bits per heavy atom. The van der Waals surface area contributed by atoms with E-state index in [1.165, 1.54) is 18.1 Å². The van der Waals surface area contributed by atoms with Crippen molar-refractivity contribution in [1.82, 2.24) is 5.32 Å². The summed E-state index contributed by atoms with van der Waals surface area (Å²) in [5.74, 6) is 0.179. The van der Waals surface area contributed by atoms with Gasteiger partial charge in [-0.05, 0) is 54.0 Å². The van der Waals surface area contributed by atoms with Crippen LogP contribution in [0.2, 0.25) is 0 Å². The smallest absolute Gasteiger partial charge is 0.281 e.